The molecule has 21 heavy (non-hydrogen) atoms. The number of aryl methyl sites for hydroxylation is 1. The Bertz CT molecular complexity index is 442. The summed E-state index contributed by atoms with van der Waals surface area (Å²) < 4.78 is 5.69. The lowest BCUT2D eigenvalue weighted by molar-refractivity contribution is -0.123. The number of ether oxygens (including phenoxy) is 1. The highest BCUT2D eigenvalue weighted by Gasteiger charge is 2.10. The fourth-order valence-corrected chi connectivity index (χ4v) is 2.15. The predicted molar refractivity (Wildman–Crippen MR) is 86.6 cm³/mol. The number of amides is 1. The molecule has 0 bridgehead atoms. The van der Waals surface area contributed by atoms with Crippen molar-refractivity contribution in [2.45, 2.75) is 53.1 Å². The number of carbonyl (C=O) groups excluding carboxylic acids is 1. The molecule has 0 heterocycles. The van der Waals surface area contributed by atoms with Crippen molar-refractivity contribution in [2.75, 3.05) is 13.2 Å². The molecule has 0 saturated carbocycles. The lowest BCUT2D eigenvalue weighted by Gasteiger charge is -2.16. The van der Waals surface area contributed by atoms with E-state index >= 15 is 0 Å². The molecule has 0 fully saturated rings. The Hall–Kier alpha value is -1.55. The van der Waals surface area contributed by atoms with Gasteiger partial charge in [-0.3, -0.25) is 4.79 Å². The first-order chi connectivity index (χ1) is 10.1. The molecule has 0 spiro atoms. The summed E-state index contributed by atoms with van der Waals surface area (Å²) in [5.41, 5.74) is 2.28. The van der Waals surface area contributed by atoms with E-state index < -0.39 is 0 Å². The minimum absolute atomic E-state index is 0.0568. The maximum atomic E-state index is 11.9. The lowest BCUT2D eigenvalue weighted by atomic mass is 10.1. The standard InChI is InChI=1S/C17H28N2O2/c1-5-15(6-2)19-17(20)12-21-16-9-8-13(4)10-14(16)11-18-7-3/h8-10,15,18H,5-7,11-12H2,1-4H3,(H,19,20). The largest absolute Gasteiger partial charge is 0.483 e. The highest BCUT2D eigenvalue weighted by molar-refractivity contribution is 5.77. The van der Waals surface area contributed by atoms with Crippen LogP contribution < -0.4 is 15.4 Å². The summed E-state index contributed by atoms with van der Waals surface area (Å²) in [7, 11) is 0. The molecule has 4 nitrogen and oxygen atoms in total. The minimum atomic E-state index is -0.0568. The van der Waals surface area contributed by atoms with Gasteiger partial charge in [0.05, 0.1) is 0 Å². The molecule has 0 aliphatic carbocycles. The van der Waals surface area contributed by atoms with Crippen LogP contribution in [0.4, 0.5) is 0 Å². The Kier molecular flexibility index (Phi) is 7.83. The molecule has 4 heteroatoms. The van der Waals surface area contributed by atoms with E-state index in [1.54, 1.807) is 0 Å². The summed E-state index contributed by atoms with van der Waals surface area (Å²) >= 11 is 0. The number of carbonyl (C=O) groups is 1. The molecule has 1 rings (SSSR count). The Balaban J connectivity index is 2.59. The second kappa shape index (κ2) is 9.40. The van der Waals surface area contributed by atoms with Crippen molar-refractivity contribution in [2.24, 2.45) is 0 Å². The third kappa shape index (κ3) is 6.17. The summed E-state index contributed by atoms with van der Waals surface area (Å²) in [6.07, 6.45) is 1.89. The number of nitrogens with one attached hydrogen (secondary N) is 2. The van der Waals surface area contributed by atoms with Gasteiger partial charge in [-0.25, -0.2) is 0 Å². The van der Waals surface area contributed by atoms with Gasteiger partial charge in [0, 0.05) is 18.2 Å². The fourth-order valence-electron chi connectivity index (χ4n) is 2.15. The molecular formula is C17H28N2O2. The second-order valence-electron chi connectivity index (χ2n) is 5.26. The molecule has 0 atom stereocenters. The summed E-state index contributed by atoms with van der Waals surface area (Å²) in [6.45, 7) is 9.99. The Labute approximate surface area is 128 Å². The SMILES string of the molecule is CCNCc1cc(C)ccc1OCC(=O)NC(CC)CC. The van der Waals surface area contributed by atoms with Crippen molar-refractivity contribution in [3.8, 4) is 5.75 Å². The van der Waals surface area contributed by atoms with Gasteiger partial charge in [0.15, 0.2) is 6.61 Å². The summed E-state index contributed by atoms with van der Waals surface area (Å²) in [6, 6.07) is 6.27. The molecule has 2 N–H and O–H groups in total. The lowest BCUT2D eigenvalue weighted by Crippen LogP contribution is -2.37. The van der Waals surface area contributed by atoms with Crippen molar-refractivity contribution < 1.29 is 9.53 Å². The van der Waals surface area contributed by atoms with Gasteiger partial charge in [-0.15, -0.1) is 0 Å². The number of rotatable bonds is 9. The number of hydrogen-bond donors (Lipinski definition) is 2. The molecule has 0 saturated heterocycles. The van der Waals surface area contributed by atoms with Gasteiger partial charge in [-0.05, 0) is 32.4 Å². The molecule has 0 aliphatic rings. The van der Waals surface area contributed by atoms with Crippen LogP contribution in [0.15, 0.2) is 18.2 Å². The van der Waals surface area contributed by atoms with Crippen molar-refractivity contribution in [3.63, 3.8) is 0 Å². The van der Waals surface area contributed by atoms with Gasteiger partial charge < -0.3 is 15.4 Å². The van der Waals surface area contributed by atoms with Crippen LogP contribution in [0.2, 0.25) is 0 Å². The van der Waals surface area contributed by atoms with E-state index in [-0.39, 0.29) is 18.6 Å². The quantitative estimate of drug-likeness (QED) is 0.736. The van der Waals surface area contributed by atoms with E-state index in [1.165, 1.54) is 5.56 Å². The molecule has 0 radical (unpaired) electrons. The Morgan fingerprint density at radius 3 is 2.57 bits per heavy atom. The smallest absolute Gasteiger partial charge is 0.258 e. The molecule has 1 aromatic rings. The minimum Gasteiger partial charge on any atom is -0.483 e. The number of hydrogen-bond acceptors (Lipinski definition) is 3. The van der Waals surface area contributed by atoms with Gasteiger partial charge in [0.1, 0.15) is 5.75 Å². The van der Waals surface area contributed by atoms with E-state index in [0.29, 0.717) is 0 Å². The third-order valence-electron chi connectivity index (χ3n) is 3.49. The van der Waals surface area contributed by atoms with Crippen LogP contribution in [0, 0.1) is 6.92 Å². The normalized spacial score (nSPS) is 10.7. The molecule has 1 aromatic carbocycles. The average Bonchev–Trinajstić information content (AvgIpc) is 2.49. The zero-order valence-corrected chi connectivity index (χ0v) is 13.7. The fraction of sp³-hybridized carbons (Fsp3) is 0.588. The van der Waals surface area contributed by atoms with Crippen LogP contribution in [0.1, 0.15) is 44.7 Å². The third-order valence-corrected chi connectivity index (χ3v) is 3.49. The summed E-state index contributed by atoms with van der Waals surface area (Å²) in [4.78, 5) is 11.9. The van der Waals surface area contributed by atoms with E-state index in [9.17, 15) is 4.79 Å². The van der Waals surface area contributed by atoms with E-state index in [1.807, 2.05) is 12.1 Å². The monoisotopic (exact) mass is 292 g/mol. The molecular weight excluding hydrogens is 264 g/mol. The highest BCUT2D eigenvalue weighted by Crippen LogP contribution is 2.20. The highest BCUT2D eigenvalue weighted by atomic mass is 16.5. The average molecular weight is 292 g/mol. The van der Waals surface area contributed by atoms with Crippen LogP contribution in [0.25, 0.3) is 0 Å². The van der Waals surface area contributed by atoms with Crippen LogP contribution in [0.3, 0.4) is 0 Å². The zero-order chi connectivity index (χ0) is 15.7. The Morgan fingerprint density at radius 2 is 1.95 bits per heavy atom. The number of benzene rings is 1. The van der Waals surface area contributed by atoms with Gasteiger partial charge in [-0.2, -0.15) is 0 Å². The maximum absolute atomic E-state index is 11.9. The Morgan fingerprint density at radius 1 is 1.24 bits per heavy atom. The van der Waals surface area contributed by atoms with Gasteiger partial charge >= 0.3 is 0 Å². The molecule has 0 aliphatic heterocycles. The van der Waals surface area contributed by atoms with Crippen molar-refractivity contribution >= 4 is 5.91 Å². The topological polar surface area (TPSA) is 50.4 Å². The molecule has 0 unspecified atom stereocenters. The first-order valence-electron chi connectivity index (χ1n) is 7.83. The van der Waals surface area contributed by atoms with Gasteiger partial charge in [0.2, 0.25) is 0 Å². The van der Waals surface area contributed by atoms with Crippen molar-refractivity contribution in [1.29, 1.82) is 0 Å². The second-order valence-corrected chi connectivity index (χ2v) is 5.26. The van der Waals surface area contributed by atoms with E-state index in [2.05, 4.69) is 44.4 Å². The van der Waals surface area contributed by atoms with E-state index in [4.69, 9.17) is 4.74 Å². The zero-order valence-electron chi connectivity index (χ0n) is 13.7. The van der Waals surface area contributed by atoms with Crippen LogP contribution in [-0.2, 0) is 11.3 Å². The maximum Gasteiger partial charge on any atom is 0.258 e. The van der Waals surface area contributed by atoms with Crippen LogP contribution >= 0.6 is 0 Å². The van der Waals surface area contributed by atoms with Crippen LogP contribution in [-0.4, -0.2) is 25.1 Å². The molecule has 1 amide bonds. The molecule has 0 aromatic heterocycles. The summed E-state index contributed by atoms with van der Waals surface area (Å²) in [5.74, 6) is 0.722. The van der Waals surface area contributed by atoms with Crippen molar-refractivity contribution in [3.05, 3.63) is 29.3 Å². The van der Waals surface area contributed by atoms with E-state index in [0.717, 1.165) is 37.2 Å². The van der Waals surface area contributed by atoms with Crippen molar-refractivity contribution in [1.82, 2.24) is 10.6 Å². The van der Waals surface area contributed by atoms with Gasteiger partial charge in [0.25, 0.3) is 5.91 Å². The predicted octanol–water partition coefficient (Wildman–Crippen LogP) is 2.79. The first kappa shape index (κ1) is 17.5. The summed E-state index contributed by atoms with van der Waals surface area (Å²) in [5, 5.41) is 6.27. The van der Waals surface area contributed by atoms with Gasteiger partial charge in [-0.1, -0.05) is 38.5 Å². The molecule has 118 valence electrons. The first-order valence-corrected chi connectivity index (χ1v) is 7.83. The van der Waals surface area contributed by atoms with Crippen LogP contribution in [0.5, 0.6) is 5.75 Å².